The number of ether oxygens (including phenoxy) is 1. The number of carbonyl (C=O) groups is 1. The number of rotatable bonds is 9. The van der Waals surface area contributed by atoms with Crippen LogP contribution >= 0.6 is 0 Å². The summed E-state index contributed by atoms with van der Waals surface area (Å²) < 4.78 is 4.71. The topological polar surface area (TPSA) is 26.3 Å². The molecule has 0 aliphatic heterocycles. The van der Waals surface area contributed by atoms with Crippen LogP contribution in [0.4, 0.5) is 0 Å². The van der Waals surface area contributed by atoms with Crippen molar-refractivity contribution >= 4 is 5.97 Å². The smallest absolute Gasteiger partial charge is 0.331 e. The molecule has 2 nitrogen and oxygen atoms in total. The molecular weight excluding hydrogens is 248 g/mol. The van der Waals surface area contributed by atoms with Gasteiger partial charge in [0.05, 0.1) is 0 Å². The van der Waals surface area contributed by atoms with Gasteiger partial charge in [0.25, 0.3) is 0 Å². The van der Waals surface area contributed by atoms with Gasteiger partial charge in [-0.25, -0.2) is 4.79 Å². The van der Waals surface area contributed by atoms with Gasteiger partial charge in [-0.1, -0.05) is 64.7 Å². The van der Waals surface area contributed by atoms with Gasteiger partial charge in [0.15, 0.2) is 6.61 Å². The van der Waals surface area contributed by atoms with Gasteiger partial charge in [0.1, 0.15) is 0 Å². The molecule has 0 aromatic carbocycles. The minimum atomic E-state index is -0.397. The van der Waals surface area contributed by atoms with Crippen LogP contribution < -0.4 is 0 Å². The van der Waals surface area contributed by atoms with Crippen LogP contribution in [0.3, 0.4) is 0 Å². The van der Waals surface area contributed by atoms with Gasteiger partial charge in [0, 0.05) is 6.08 Å². The molecule has 0 N–H and O–H groups in total. The van der Waals surface area contributed by atoms with E-state index in [1.165, 1.54) is 18.9 Å². The van der Waals surface area contributed by atoms with Crippen molar-refractivity contribution < 1.29 is 9.53 Å². The fourth-order valence-electron chi connectivity index (χ4n) is 1.68. The van der Waals surface area contributed by atoms with Gasteiger partial charge >= 0.3 is 5.97 Å². The molecule has 0 rings (SSSR count). The molecule has 0 bridgehead atoms. The second kappa shape index (κ2) is 11.3. The highest BCUT2D eigenvalue weighted by atomic mass is 16.5. The summed E-state index contributed by atoms with van der Waals surface area (Å²) in [5.74, 6) is 4.07. The lowest BCUT2D eigenvalue weighted by atomic mass is 9.89. The molecule has 0 fully saturated rings. The molecule has 0 aromatic heterocycles. The van der Waals surface area contributed by atoms with E-state index in [0.29, 0.717) is 5.92 Å². The first-order chi connectivity index (χ1) is 9.47. The zero-order valence-corrected chi connectivity index (χ0v) is 13.3. The summed E-state index contributed by atoms with van der Waals surface area (Å²) in [6, 6.07) is 0. The number of allylic oxidation sites excluding steroid dienone is 3. The zero-order valence-electron chi connectivity index (χ0n) is 13.3. The molecule has 2 atom stereocenters. The fraction of sp³-hybridized carbons (Fsp3) is 0.611. The van der Waals surface area contributed by atoms with Crippen molar-refractivity contribution in [1.82, 2.24) is 0 Å². The predicted molar refractivity (Wildman–Crippen MR) is 85.1 cm³/mol. The Morgan fingerprint density at radius 1 is 1.20 bits per heavy atom. The maximum Gasteiger partial charge on any atom is 0.331 e. The number of hydrogen-bond acceptors (Lipinski definition) is 2. The summed E-state index contributed by atoms with van der Waals surface area (Å²) in [5.41, 5.74) is 0. The molecule has 0 aromatic rings. The minimum Gasteiger partial charge on any atom is -0.449 e. The molecule has 20 heavy (non-hydrogen) atoms. The van der Waals surface area contributed by atoms with Gasteiger partial charge in [-0.05, 0) is 24.2 Å². The number of carbonyl (C=O) groups excluding carboxylic acids is 1. The van der Waals surface area contributed by atoms with Crippen LogP contribution in [0.15, 0.2) is 24.3 Å². The van der Waals surface area contributed by atoms with E-state index in [1.807, 2.05) is 6.08 Å². The highest BCUT2D eigenvalue weighted by molar-refractivity contribution is 5.82. The van der Waals surface area contributed by atoms with E-state index in [2.05, 4.69) is 39.7 Å². The Labute approximate surface area is 124 Å². The molecule has 0 amide bonds. The largest absolute Gasteiger partial charge is 0.449 e. The summed E-state index contributed by atoms with van der Waals surface area (Å²) in [6.45, 7) is 9.16. The van der Waals surface area contributed by atoms with Gasteiger partial charge in [-0.15, -0.1) is 6.42 Å². The van der Waals surface area contributed by atoms with Crippen molar-refractivity contribution in [3.63, 3.8) is 0 Å². The fourth-order valence-corrected chi connectivity index (χ4v) is 1.68. The molecule has 0 aliphatic carbocycles. The van der Waals surface area contributed by atoms with Crippen LogP contribution in [0.2, 0.25) is 0 Å². The average Bonchev–Trinajstić information content (AvgIpc) is 2.41. The Bertz CT molecular complexity index is 358. The van der Waals surface area contributed by atoms with Crippen LogP contribution in [0.5, 0.6) is 0 Å². The molecule has 0 aliphatic rings. The van der Waals surface area contributed by atoms with Crippen LogP contribution in [0.1, 0.15) is 47.0 Å². The normalized spacial score (nSPS) is 14.6. The van der Waals surface area contributed by atoms with E-state index >= 15 is 0 Å². The molecule has 2 heteroatoms. The van der Waals surface area contributed by atoms with Gasteiger partial charge in [0.2, 0.25) is 0 Å². The molecular formula is C18H28O2. The Morgan fingerprint density at radius 3 is 2.50 bits per heavy atom. The van der Waals surface area contributed by atoms with Crippen molar-refractivity contribution in [2.24, 2.45) is 17.8 Å². The molecule has 0 radical (unpaired) electrons. The van der Waals surface area contributed by atoms with Gasteiger partial charge < -0.3 is 4.74 Å². The second-order valence-electron chi connectivity index (χ2n) is 5.74. The number of esters is 1. The van der Waals surface area contributed by atoms with Crippen LogP contribution in [0.25, 0.3) is 0 Å². The quantitative estimate of drug-likeness (QED) is 0.270. The Balaban J connectivity index is 3.81. The standard InChI is InChI=1S/C18H28O2/c1-6-14-20-18(19)11-9-7-8-10-16(4)12-13-17(5)15(2)3/h1,7-9,11,15-17H,10,12-14H2,2-5H3. The minimum absolute atomic E-state index is 0.0258. The Hall–Kier alpha value is -1.49. The van der Waals surface area contributed by atoms with Crippen molar-refractivity contribution in [3.8, 4) is 12.3 Å². The van der Waals surface area contributed by atoms with Crippen LogP contribution in [-0.2, 0) is 9.53 Å². The van der Waals surface area contributed by atoms with Crippen molar-refractivity contribution in [1.29, 1.82) is 0 Å². The summed E-state index contributed by atoms with van der Waals surface area (Å²) in [6.07, 6.45) is 15.6. The van der Waals surface area contributed by atoms with Crippen LogP contribution in [0, 0.1) is 30.1 Å². The van der Waals surface area contributed by atoms with E-state index in [-0.39, 0.29) is 6.61 Å². The monoisotopic (exact) mass is 276 g/mol. The summed E-state index contributed by atoms with van der Waals surface area (Å²) in [5, 5.41) is 0. The SMILES string of the molecule is C#CCOC(=O)C=CC=CCC(C)CCC(C)C(C)C. The summed E-state index contributed by atoms with van der Waals surface area (Å²) in [7, 11) is 0. The predicted octanol–water partition coefficient (Wildman–Crippen LogP) is 4.37. The maximum atomic E-state index is 11.1. The van der Waals surface area contributed by atoms with Gasteiger partial charge in [-0.3, -0.25) is 0 Å². The first-order valence-electron chi connectivity index (χ1n) is 7.40. The van der Waals surface area contributed by atoms with E-state index < -0.39 is 5.97 Å². The lowest BCUT2D eigenvalue weighted by Crippen LogP contribution is -2.06. The van der Waals surface area contributed by atoms with E-state index in [9.17, 15) is 4.79 Å². The third-order valence-electron chi connectivity index (χ3n) is 3.57. The van der Waals surface area contributed by atoms with E-state index in [4.69, 9.17) is 11.2 Å². The van der Waals surface area contributed by atoms with Crippen molar-refractivity contribution in [2.45, 2.75) is 47.0 Å². The molecule has 0 saturated carbocycles. The Morgan fingerprint density at radius 2 is 1.90 bits per heavy atom. The van der Waals surface area contributed by atoms with Crippen molar-refractivity contribution in [2.75, 3.05) is 6.61 Å². The molecule has 0 saturated heterocycles. The molecule has 112 valence electrons. The molecule has 0 spiro atoms. The van der Waals surface area contributed by atoms with Gasteiger partial charge in [-0.2, -0.15) is 0 Å². The maximum absolute atomic E-state index is 11.1. The van der Waals surface area contributed by atoms with Crippen LogP contribution in [-0.4, -0.2) is 12.6 Å². The first kappa shape index (κ1) is 18.5. The lowest BCUT2D eigenvalue weighted by molar-refractivity contribution is -0.136. The summed E-state index contributed by atoms with van der Waals surface area (Å²) >= 11 is 0. The average molecular weight is 276 g/mol. The lowest BCUT2D eigenvalue weighted by Gasteiger charge is -2.17. The summed E-state index contributed by atoms with van der Waals surface area (Å²) in [4.78, 5) is 11.1. The van der Waals surface area contributed by atoms with E-state index in [1.54, 1.807) is 6.08 Å². The number of hydrogen-bond donors (Lipinski definition) is 0. The third kappa shape index (κ3) is 10.4. The van der Waals surface area contributed by atoms with Crippen molar-refractivity contribution in [3.05, 3.63) is 24.3 Å². The highest BCUT2D eigenvalue weighted by Crippen LogP contribution is 2.20. The van der Waals surface area contributed by atoms with E-state index in [0.717, 1.165) is 18.3 Å². The highest BCUT2D eigenvalue weighted by Gasteiger charge is 2.08. The second-order valence-corrected chi connectivity index (χ2v) is 5.74. The first-order valence-corrected chi connectivity index (χ1v) is 7.40. The molecule has 2 unspecified atom stereocenters. The third-order valence-corrected chi connectivity index (χ3v) is 3.57. The molecule has 0 heterocycles. The number of terminal acetylenes is 1. The zero-order chi connectivity index (χ0) is 15.4. The Kier molecular flexibility index (Phi) is 10.5.